The Morgan fingerprint density at radius 2 is 1.85 bits per heavy atom. The van der Waals surface area contributed by atoms with E-state index in [1.165, 1.54) is 6.08 Å². The molecule has 0 spiro atoms. The zero-order valence-electron chi connectivity index (χ0n) is 10.0. The van der Waals surface area contributed by atoms with Gasteiger partial charge >= 0.3 is 0 Å². The monoisotopic (exact) mass is 306 g/mol. The molecule has 0 aliphatic carbocycles. The summed E-state index contributed by atoms with van der Waals surface area (Å²) in [6, 6.07) is 0.564. The molecule has 0 radical (unpaired) electrons. The Hall–Kier alpha value is -1.70. The third kappa shape index (κ3) is 2.47. The summed E-state index contributed by atoms with van der Waals surface area (Å²) in [5.74, 6) is -4.27. The first-order chi connectivity index (χ1) is 9.37. The van der Waals surface area contributed by atoms with Gasteiger partial charge in [0.25, 0.3) is 10.0 Å². The van der Waals surface area contributed by atoms with Gasteiger partial charge < -0.3 is 0 Å². The normalized spacial score (nSPS) is 19.9. The summed E-state index contributed by atoms with van der Waals surface area (Å²) in [7, 11) is -4.54. The molecule has 0 saturated carbocycles. The molecule has 20 heavy (non-hydrogen) atoms. The first-order valence-electron chi connectivity index (χ1n) is 5.61. The highest BCUT2D eigenvalue weighted by molar-refractivity contribution is 7.89. The first kappa shape index (κ1) is 14.7. The second-order valence-electron chi connectivity index (χ2n) is 4.16. The largest absolute Gasteiger partial charge is 0.250 e. The minimum atomic E-state index is -4.54. The number of carbonyl (C=O) groups excluding carboxylic acids is 1. The van der Waals surface area contributed by atoms with Crippen LogP contribution in [0.25, 0.3) is 0 Å². The lowest BCUT2D eigenvalue weighted by molar-refractivity contribution is 0.387. The van der Waals surface area contributed by atoms with E-state index in [0.717, 1.165) is 0 Å². The van der Waals surface area contributed by atoms with Crippen LogP contribution in [-0.4, -0.2) is 31.5 Å². The molecule has 1 saturated heterocycles. The maximum Gasteiger partial charge on any atom is 0.250 e. The van der Waals surface area contributed by atoms with E-state index < -0.39 is 38.5 Å². The van der Waals surface area contributed by atoms with Crippen molar-refractivity contribution in [1.82, 2.24) is 4.31 Å². The van der Waals surface area contributed by atoms with Gasteiger partial charge in [0, 0.05) is 18.7 Å². The molecular weight excluding hydrogens is 297 g/mol. The van der Waals surface area contributed by atoms with Gasteiger partial charge in [-0.3, -0.25) is 0 Å². The number of sulfonamides is 1. The molecule has 0 bridgehead atoms. The molecule has 1 aliphatic rings. The highest BCUT2D eigenvalue weighted by atomic mass is 32.2. The SMILES string of the molecule is O=C=NC1CCCN1S(=O)(=O)c1c(F)cc(F)cc1F. The number of nitrogens with zero attached hydrogens (tertiary/aromatic N) is 2. The zero-order chi connectivity index (χ0) is 14.9. The number of hydrogen-bond donors (Lipinski definition) is 0. The molecule has 1 aromatic carbocycles. The van der Waals surface area contributed by atoms with Crippen LogP contribution in [0.3, 0.4) is 0 Å². The van der Waals surface area contributed by atoms with Gasteiger partial charge in [0.05, 0.1) is 0 Å². The summed E-state index contributed by atoms with van der Waals surface area (Å²) in [6.07, 6.45) is 0.820. The van der Waals surface area contributed by atoms with Crippen molar-refractivity contribution < 1.29 is 26.4 Å². The van der Waals surface area contributed by atoms with E-state index in [4.69, 9.17) is 0 Å². The standard InChI is InChI=1S/C11H9F3N2O3S/c12-7-4-8(13)11(9(14)5-7)20(18,19)16-3-1-2-10(16)15-6-17/h4-5,10H,1-3H2. The number of rotatable bonds is 3. The predicted octanol–water partition coefficient (Wildman–Crippen LogP) is 1.55. The van der Waals surface area contributed by atoms with Crippen LogP contribution in [0.4, 0.5) is 13.2 Å². The number of benzene rings is 1. The van der Waals surface area contributed by atoms with Gasteiger partial charge in [-0.15, -0.1) is 0 Å². The Kier molecular flexibility index (Phi) is 3.94. The Morgan fingerprint density at radius 1 is 1.25 bits per heavy atom. The maximum absolute atomic E-state index is 13.6. The van der Waals surface area contributed by atoms with Gasteiger partial charge in [0.2, 0.25) is 6.08 Å². The fraction of sp³-hybridized carbons (Fsp3) is 0.364. The van der Waals surface area contributed by atoms with Crippen LogP contribution < -0.4 is 0 Å². The highest BCUT2D eigenvalue weighted by Crippen LogP contribution is 2.29. The van der Waals surface area contributed by atoms with Crippen LogP contribution in [0.1, 0.15) is 12.8 Å². The molecule has 1 aromatic rings. The Bertz CT molecular complexity index is 663. The van der Waals surface area contributed by atoms with Gasteiger partial charge in [0.1, 0.15) is 23.6 Å². The van der Waals surface area contributed by atoms with Crippen LogP contribution in [0.2, 0.25) is 0 Å². The van der Waals surface area contributed by atoms with Gasteiger partial charge in [0.15, 0.2) is 4.90 Å². The summed E-state index contributed by atoms with van der Waals surface area (Å²) >= 11 is 0. The van der Waals surface area contributed by atoms with Crippen molar-refractivity contribution in [2.45, 2.75) is 23.9 Å². The van der Waals surface area contributed by atoms with E-state index >= 15 is 0 Å². The minimum absolute atomic E-state index is 0.0333. The quantitative estimate of drug-likeness (QED) is 0.628. The predicted molar refractivity (Wildman–Crippen MR) is 61.4 cm³/mol. The third-order valence-electron chi connectivity index (χ3n) is 2.90. The van der Waals surface area contributed by atoms with E-state index in [-0.39, 0.29) is 25.1 Å². The molecule has 1 unspecified atom stereocenters. The third-order valence-corrected chi connectivity index (χ3v) is 4.85. The summed E-state index contributed by atoms with van der Waals surface area (Å²) in [5.41, 5.74) is 0. The number of aliphatic imine (C=N–C) groups is 1. The van der Waals surface area contributed by atoms with E-state index in [2.05, 4.69) is 4.99 Å². The molecule has 1 atom stereocenters. The molecule has 108 valence electrons. The molecule has 0 aromatic heterocycles. The summed E-state index contributed by atoms with van der Waals surface area (Å²) in [4.78, 5) is 12.3. The fourth-order valence-corrected chi connectivity index (χ4v) is 3.77. The molecule has 9 heteroatoms. The molecule has 1 fully saturated rings. The first-order valence-corrected chi connectivity index (χ1v) is 7.05. The molecule has 2 rings (SSSR count). The van der Waals surface area contributed by atoms with Gasteiger partial charge in [-0.05, 0) is 12.8 Å². The van der Waals surface area contributed by atoms with Crippen molar-refractivity contribution in [2.24, 2.45) is 4.99 Å². The fourth-order valence-electron chi connectivity index (χ4n) is 2.09. The van der Waals surface area contributed by atoms with E-state index in [9.17, 15) is 26.4 Å². The average molecular weight is 306 g/mol. The van der Waals surface area contributed by atoms with Crippen LogP contribution in [0.5, 0.6) is 0 Å². The minimum Gasteiger partial charge on any atom is -0.211 e. The molecule has 1 heterocycles. The van der Waals surface area contributed by atoms with Gasteiger partial charge in [-0.25, -0.2) is 26.4 Å². The van der Waals surface area contributed by atoms with E-state index in [0.29, 0.717) is 10.7 Å². The second kappa shape index (κ2) is 5.35. The van der Waals surface area contributed by atoms with Crippen LogP contribution in [0.15, 0.2) is 22.0 Å². The number of isocyanates is 1. The zero-order valence-corrected chi connectivity index (χ0v) is 10.8. The Balaban J connectivity index is 2.53. The van der Waals surface area contributed by atoms with Crippen molar-refractivity contribution in [2.75, 3.05) is 6.54 Å². The molecule has 0 amide bonds. The summed E-state index contributed by atoms with van der Waals surface area (Å²) in [5, 5.41) is 0. The topological polar surface area (TPSA) is 66.8 Å². The van der Waals surface area contributed by atoms with Crippen LogP contribution in [0, 0.1) is 17.5 Å². The Labute approximate surface area is 112 Å². The summed E-state index contributed by atoms with van der Waals surface area (Å²) < 4.78 is 65.1. The lowest BCUT2D eigenvalue weighted by atomic mass is 10.3. The van der Waals surface area contributed by atoms with Crippen molar-refractivity contribution in [3.63, 3.8) is 0 Å². The van der Waals surface area contributed by atoms with Crippen LogP contribution in [-0.2, 0) is 14.8 Å². The van der Waals surface area contributed by atoms with Crippen LogP contribution >= 0.6 is 0 Å². The van der Waals surface area contributed by atoms with Crippen molar-refractivity contribution in [3.8, 4) is 0 Å². The van der Waals surface area contributed by atoms with Gasteiger partial charge in [-0.2, -0.15) is 9.30 Å². The van der Waals surface area contributed by atoms with Crippen molar-refractivity contribution >= 4 is 16.1 Å². The average Bonchev–Trinajstić information content (AvgIpc) is 2.76. The van der Waals surface area contributed by atoms with Crippen molar-refractivity contribution in [3.05, 3.63) is 29.6 Å². The Morgan fingerprint density at radius 3 is 2.40 bits per heavy atom. The van der Waals surface area contributed by atoms with Gasteiger partial charge in [-0.1, -0.05) is 0 Å². The van der Waals surface area contributed by atoms with E-state index in [1.54, 1.807) is 0 Å². The maximum atomic E-state index is 13.6. The molecule has 5 nitrogen and oxygen atoms in total. The lowest BCUT2D eigenvalue weighted by Crippen LogP contribution is -2.35. The van der Waals surface area contributed by atoms with E-state index in [1.807, 2.05) is 0 Å². The second-order valence-corrected chi connectivity index (χ2v) is 5.98. The molecular formula is C11H9F3N2O3S. The highest BCUT2D eigenvalue weighted by Gasteiger charge is 2.38. The molecule has 1 aliphatic heterocycles. The lowest BCUT2D eigenvalue weighted by Gasteiger charge is -2.20. The van der Waals surface area contributed by atoms with Crippen molar-refractivity contribution in [1.29, 1.82) is 0 Å². The smallest absolute Gasteiger partial charge is 0.211 e. The number of halogens is 3. The molecule has 0 N–H and O–H groups in total. The summed E-state index contributed by atoms with van der Waals surface area (Å²) in [6.45, 7) is -0.0333. The number of hydrogen-bond acceptors (Lipinski definition) is 4.